The number of nitrogens with zero attached hydrogens (tertiary/aromatic N) is 4. The van der Waals surface area contributed by atoms with E-state index in [0.29, 0.717) is 23.8 Å². The van der Waals surface area contributed by atoms with Gasteiger partial charge in [-0.15, -0.1) is 0 Å². The molecule has 1 saturated heterocycles. The molecule has 0 radical (unpaired) electrons. The van der Waals surface area contributed by atoms with E-state index in [1.54, 1.807) is 22.8 Å². The number of aryl methyl sites for hydroxylation is 1. The first kappa shape index (κ1) is 23.1. The lowest BCUT2D eigenvalue weighted by Gasteiger charge is -2.32. The Morgan fingerprint density at radius 3 is 2.57 bits per heavy atom. The van der Waals surface area contributed by atoms with Gasteiger partial charge in [-0.25, -0.2) is 9.50 Å². The van der Waals surface area contributed by atoms with Gasteiger partial charge in [0.2, 0.25) is 0 Å². The Labute approximate surface area is 205 Å². The standard InChI is InChI=1S/C28H31N5O2/c1-20-25(18-30-27-17-26(31-33(20)27)23-5-3-2-4-6-23)28(35)29-14-11-21-12-15-32(16-13-21)19-22-7-9-24(34)10-8-22/h2-10,17-18,21,34H,11-16,19H2,1H3,(H,29,35). The molecular weight excluding hydrogens is 438 g/mol. The number of aromatic hydroxyl groups is 1. The molecule has 0 atom stereocenters. The molecule has 7 heteroatoms. The average Bonchev–Trinajstić information content (AvgIpc) is 3.33. The van der Waals surface area contributed by atoms with Crippen molar-refractivity contribution in [1.82, 2.24) is 24.8 Å². The summed E-state index contributed by atoms with van der Waals surface area (Å²) < 4.78 is 1.75. The number of rotatable bonds is 7. The van der Waals surface area contributed by atoms with Crippen LogP contribution in [0.25, 0.3) is 16.9 Å². The fourth-order valence-corrected chi connectivity index (χ4v) is 4.80. The van der Waals surface area contributed by atoms with Crippen molar-refractivity contribution in [3.63, 3.8) is 0 Å². The number of carbonyl (C=O) groups excluding carboxylic acids is 1. The monoisotopic (exact) mass is 469 g/mol. The van der Waals surface area contributed by atoms with Crippen molar-refractivity contribution in [2.45, 2.75) is 32.7 Å². The molecule has 0 aliphatic carbocycles. The number of likely N-dealkylation sites (tertiary alicyclic amines) is 1. The summed E-state index contributed by atoms with van der Waals surface area (Å²) in [4.78, 5) is 19.8. The van der Waals surface area contributed by atoms with Crippen LogP contribution >= 0.6 is 0 Å². The fraction of sp³-hybridized carbons (Fsp3) is 0.321. The Morgan fingerprint density at radius 2 is 1.83 bits per heavy atom. The van der Waals surface area contributed by atoms with Crippen molar-refractivity contribution in [2.24, 2.45) is 5.92 Å². The average molecular weight is 470 g/mol. The lowest BCUT2D eigenvalue weighted by atomic mass is 9.93. The molecule has 0 saturated carbocycles. The minimum absolute atomic E-state index is 0.0987. The zero-order valence-electron chi connectivity index (χ0n) is 20.0. The Bertz CT molecular complexity index is 1290. The first-order valence-corrected chi connectivity index (χ1v) is 12.3. The minimum Gasteiger partial charge on any atom is -0.508 e. The van der Waals surface area contributed by atoms with Gasteiger partial charge in [0.1, 0.15) is 5.75 Å². The van der Waals surface area contributed by atoms with Gasteiger partial charge in [0, 0.05) is 30.9 Å². The highest BCUT2D eigenvalue weighted by Gasteiger charge is 2.20. The molecule has 2 aromatic heterocycles. The first-order valence-electron chi connectivity index (χ1n) is 12.3. The van der Waals surface area contributed by atoms with Crippen molar-refractivity contribution < 1.29 is 9.90 Å². The van der Waals surface area contributed by atoms with E-state index >= 15 is 0 Å². The van der Waals surface area contributed by atoms with Crippen molar-refractivity contribution >= 4 is 11.6 Å². The van der Waals surface area contributed by atoms with Crippen molar-refractivity contribution in [3.05, 3.63) is 83.7 Å². The Balaban J connectivity index is 1.13. The molecule has 1 aliphatic heterocycles. The summed E-state index contributed by atoms with van der Waals surface area (Å²) in [5.74, 6) is 0.827. The number of carbonyl (C=O) groups is 1. The summed E-state index contributed by atoms with van der Waals surface area (Å²) in [5, 5.41) is 17.2. The predicted octanol–water partition coefficient (Wildman–Crippen LogP) is 4.44. The molecule has 5 rings (SSSR count). The molecular formula is C28H31N5O2. The maximum Gasteiger partial charge on any atom is 0.254 e. The van der Waals surface area contributed by atoms with Gasteiger partial charge in [-0.3, -0.25) is 9.69 Å². The molecule has 35 heavy (non-hydrogen) atoms. The highest BCUT2D eigenvalue weighted by Crippen LogP contribution is 2.23. The van der Waals surface area contributed by atoms with E-state index in [1.165, 1.54) is 5.56 Å². The second-order valence-corrected chi connectivity index (χ2v) is 9.35. The van der Waals surface area contributed by atoms with Crippen molar-refractivity contribution in [3.8, 4) is 17.0 Å². The van der Waals surface area contributed by atoms with Gasteiger partial charge >= 0.3 is 0 Å². The van der Waals surface area contributed by atoms with Crippen LogP contribution in [0.15, 0.2) is 66.9 Å². The van der Waals surface area contributed by atoms with Crippen LogP contribution in [0.3, 0.4) is 0 Å². The summed E-state index contributed by atoms with van der Waals surface area (Å²) in [6.45, 7) is 5.60. The number of phenols is 1. The largest absolute Gasteiger partial charge is 0.508 e. The summed E-state index contributed by atoms with van der Waals surface area (Å²) in [7, 11) is 0. The molecule has 7 nitrogen and oxygen atoms in total. The Morgan fingerprint density at radius 1 is 1.09 bits per heavy atom. The molecule has 3 heterocycles. The van der Waals surface area contributed by atoms with Gasteiger partial charge in [-0.2, -0.15) is 5.10 Å². The topological polar surface area (TPSA) is 82.8 Å². The molecule has 2 N–H and O–H groups in total. The summed E-state index contributed by atoms with van der Waals surface area (Å²) in [6, 6.07) is 19.4. The zero-order chi connectivity index (χ0) is 24.2. The maximum absolute atomic E-state index is 12.9. The van der Waals surface area contributed by atoms with Crippen LogP contribution in [0.4, 0.5) is 0 Å². The lowest BCUT2D eigenvalue weighted by molar-refractivity contribution is 0.0946. The molecule has 0 spiro atoms. The third-order valence-electron chi connectivity index (χ3n) is 6.93. The van der Waals surface area contributed by atoms with Crippen LogP contribution < -0.4 is 5.32 Å². The van der Waals surface area contributed by atoms with Gasteiger partial charge in [0.25, 0.3) is 5.91 Å². The zero-order valence-corrected chi connectivity index (χ0v) is 20.0. The van der Waals surface area contributed by atoms with Crippen molar-refractivity contribution in [2.75, 3.05) is 19.6 Å². The normalized spacial score (nSPS) is 14.9. The number of benzene rings is 2. The van der Waals surface area contributed by atoms with Gasteiger partial charge in [-0.1, -0.05) is 42.5 Å². The molecule has 1 aliphatic rings. The first-order chi connectivity index (χ1) is 17.1. The van der Waals surface area contributed by atoms with Gasteiger partial charge in [0.15, 0.2) is 5.65 Å². The second kappa shape index (κ2) is 10.3. The summed E-state index contributed by atoms with van der Waals surface area (Å²) in [6.07, 6.45) is 4.90. The van der Waals surface area contributed by atoms with Gasteiger partial charge in [-0.05, 0) is 62.9 Å². The number of hydrogen-bond donors (Lipinski definition) is 2. The minimum atomic E-state index is -0.0987. The maximum atomic E-state index is 12.9. The van der Waals surface area contributed by atoms with E-state index in [4.69, 9.17) is 0 Å². The van der Waals surface area contributed by atoms with Gasteiger partial charge < -0.3 is 10.4 Å². The SMILES string of the molecule is Cc1c(C(=O)NCCC2CCN(Cc3ccc(O)cc3)CC2)cnc2cc(-c3ccccc3)nn12. The molecule has 0 unspecified atom stereocenters. The fourth-order valence-electron chi connectivity index (χ4n) is 4.80. The highest BCUT2D eigenvalue weighted by atomic mass is 16.3. The Hall–Kier alpha value is -3.71. The lowest BCUT2D eigenvalue weighted by Crippen LogP contribution is -2.35. The molecule has 0 bridgehead atoms. The molecule has 1 amide bonds. The highest BCUT2D eigenvalue weighted by molar-refractivity contribution is 5.95. The number of amides is 1. The van der Waals surface area contributed by atoms with E-state index in [-0.39, 0.29) is 5.91 Å². The van der Waals surface area contributed by atoms with E-state index in [0.717, 1.165) is 61.5 Å². The number of fused-ring (bicyclic) bond motifs is 1. The van der Waals surface area contributed by atoms with Gasteiger partial charge in [0.05, 0.1) is 17.0 Å². The van der Waals surface area contributed by atoms with E-state index < -0.39 is 0 Å². The summed E-state index contributed by atoms with van der Waals surface area (Å²) in [5.41, 5.74) is 5.17. The third kappa shape index (κ3) is 5.35. The number of nitrogens with one attached hydrogen (secondary N) is 1. The third-order valence-corrected chi connectivity index (χ3v) is 6.93. The number of aromatic nitrogens is 3. The summed E-state index contributed by atoms with van der Waals surface area (Å²) >= 11 is 0. The van der Waals surface area contributed by atoms with Crippen LogP contribution in [0.2, 0.25) is 0 Å². The smallest absolute Gasteiger partial charge is 0.254 e. The molecule has 1 fully saturated rings. The molecule has 4 aromatic rings. The van der Waals surface area contributed by atoms with E-state index in [2.05, 4.69) is 20.3 Å². The van der Waals surface area contributed by atoms with Crippen LogP contribution in [-0.2, 0) is 6.54 Å². The number of piperidine rings is 1. The second-order valence-electron chi connectivity index (χ2n) is 9.35. The van der Waals surface area contributed by atoms with E-state index in [9.17, 15) is 9.90 Å². The Kier molecular flexibility index (Phi) is 6.77. The molecule has 2 aromatic carbocycles. The van der Waals surface area contributed by atoms with Crippen LogP contribution in [0, 0.1) is 12.8 Å². The van der Waals surface area contributed by atoms with E-state index in [1.807, 2.05) is 55.5 Å². The number of phenolic OH excluding ortho intramolecular Hbond substituents is 1. The van der Waals surface area contributed by atoms with Crippen LogP contribution in [0.1, 0.15) is 40.9 Å². The van der Waals surface area contributed by atoms with Crippen LogP contribution in [-0.4, -0.2) is 50.1 Å². The predicted molar refractivity (Wildman–Crippen MR) is 136 cm³/mol. The quantitative estimate of drug-likeness (QED) is 0.418. The molecule has 180 valence electrons. The van der Waals surface area contributed by atoms with Crippen molar-refractivity contribution in [1.29, 1.82) is 0 Å². The van der Waals surface area contributed by atoms with Crippen LogP contribution in [0.5, 0.6) is 5.75 Å². The number of hydrogen-bond acceptors (Lipinski definition) is 5.